The summed E-state index contributed by atoms with van der Waals surface area (Å²) in [4.78, 5) is 48.2. The van der Waals surface area contributed by atoms with Gasteiger partial charge < -0.3 is 20.5 Å². The average Bonchev–Trinajstić information content (AvgIpc) is 2.72. The van der Waals surface area contributed by atoms with Crippen molar-refractivity contribution in [1.29, 1.82) is 0 Å². The van der Waals surface area contributed by atoms with Crippen LogP contribution in [0.2, 0.25) is 0 Å². The lowest BCUT2D eigenvalue weighted by Crippen LogP contribution is -2.53. The predicted molar refractivity (Wildman–Crippen MR) is 120 cm³/mol. The fraction of sp³-hybridized carbons (Fsp3) is 0.545. The van der Waals surface area contributed by atoms with Crippen LogP contribution in [0, 0.1) is 5.92 Å². The predicted octanol–water partition coefficient (Wildman–Crippen LogP) is 1.97. The lowest BCUT2D eigenvalue weighted by Gasteiger charge is -2.24. The van der Waals surface area contributed by atoms with E-state index in [0.717, 1.165) is 5.56 Å². The van der Waals surface area contributed by atoms with Gasteiger partial charge in [-0.3, -0.25) is 14.4 Å². The maximum Gasteiger partial charge on any atom is 0.326 e. The quantitative estimate of drug-likeness (QED) is 0.268. The molecule has 1 aromatic carbocycles. The molecule has 3 atom stereocenters. The van der Waals surface area contributed by atoms with Gasteiger partial charge in [0, 0.05) is 12.8 Å². The van der Waals surface area contributed by atoms with Crippen molar-refractivity contribution in [3.63, 3.8) is 0 Å². The van der Waals surface area contributed by atoms with Gasteiger partial charge in [-0.25, -0.2) is 4.79 Å². The lowest BCUT2D eigenvalue weighted by atomic mass is 10.0. The standard InChI is InChI=1S/C22H32N2O6S/c1-14(2)12-16(23-21(27)18(31)10-7-11-19(25)30-3)20(26)24-17(22(28)29)13-15-8-5-4-6-9-15/h4-6,8-9,14,16-18,31H,7,10-13H2,1-3H3,(H,23,27)(H,24,26)(H,28,29)/t16?,17-,18?/m0/s1. The van der Waals surface area contributed by atoms with E-state index < -0.39 is 35.1 Å². The van der Waals surface area contributed by atoms with Crippen molar-refractivity contribution in [2.75, 3.05) is 7.11 Å². The van der Waals surface area contributed by atoms with Gasteiger partial charge in [0.1, 0.15) is 12.1 Å². The highest BCUT2D eigenvalue weighted by Crippen LogP contribution is 2.12. The summed E-state index contributed by atoms with van der Waals surface area (Å²) < 4.78 is 4.57. The number of carboxylic acid groups (broad SMARTS) is 1. The number of rotatable bonds is 13. The molecule has 1 rings (SSSR count). The fourth-order valence-electron chi connectivity index (χ4n) is 2.97. The number of nitrogens with one attached hydrogen (secondary N) is 2. The van der Waals surface area contributed by atoms with E-state index in [1.165, 1.54) is 7.11 Å². The van der Waals surface area contributed by atoms with Crippen LogP contribution in [-0.2, 0) is 30.3 Å². The first-order valence-electron chi connectivity index (χ1n) is 10.3. The molecule has 0 aromatic heterocycles. The van der Waals surface area contributed by atoms with Crippen molar-refractivity contribution >= 4 is 36.4 Å². The highest BCUT2D eigenvalue weighted by Gasteiger charge is 2.28. The molecule has 0 aliphatic carbocycles. The zero-order valence-electron chi connectivity index (χ0n) is 18.2. The van der Waals surface area contributed by atoms with E-state index in [0.29, 0.717) is 19.3 Å². The Bertz CT molecular complexity index is 741. The molecule has 0 aliphatic rings. The van der Waals surface area contributed by atoms with E-state index in [1.54, 1.807) is 24.3 Å². The van der Waals surface area contributed by atoms with Crippen molar-refractivity contribution in [3.05, 3.63) is 35.9 Å². The number of esters is 1. The van der Waals surface area contributed by atoms with Crippen molar-refractivity contribution in [1.82, 2.24) is 10.6 Å². The molecule has 0 spiro atoms. The van der Waals surface area contributed by atoms with Crippen LogP contribution in [0.25, 0.3) is 0 Å². The molecule has 172 valence electrons. The molecule has 3 N–H and O–H groups in total. The van der Waals surface area contributed by atoms with Crippen LogP contribution in [0.3, 0.4) is 0 Å². The Morgan fingerprint density at radius 3 is 2.19 bits per heavy atom. The summed E-state index contributed by atoms with van der Waals surface area (Å²) in [6.07, 6.45) is 1.42. The van der Waals surface area contributed by atoms with Crippen LogP contribution in [0.5, 0.6) is 0 Å². The van der Waals surface area contributed by atoms with Gasteiger partial charge >= 0.3 is 11.9 Å². The number of hydrogen-bond donors (Lipinski definition) is 4. The van der Waals surface area contributed by atoms with Gasteiger partial charge in [0.15, 0.2) is 0 Å². The number of aliphatic carboxylic acids is 1. The number of benzene rings is 1. The number of hydrogen-bond acceptors (Lipinski definition) is 6. The molecule has 0 saturated carbocycles. The summed E-state index contributed by atoms with van der Waals surface area (Å²) in [5.74, 6) is -2.42. The Kier molecular flexibility index (Phi) is 11.7. The van der Waals surface area contributed by atoms with E-state index in [2.05, 4.69) is 28.0 Å². The van der Waals surface area contributed by atoms with Crippen LogP contribution < -0.4 is 10.6 Å². The van der Waals surface area contributed by atoms with E-state index in [1.807, 2.05) is 19.9 Å². The maximum atomic E-state index is 12.8. The Morgan fingerprint density at radius 1 is 1.03 bits per heavy atom. The zero-order chi connectivity index (χ0) is 23.4. The molecule has 31 heavy (non-hydrogen) atoms. The zero-order valence-corrected chi connectivity index (χ0v) is 19.1. The molecule has 0 aliphatic heterocycles. The van der Waals surface area contributed by atoms with Crippen molar-refractivity contribution in [2.45, 2.75) is 63.3 Å². The summed E-state index contributed by atoms with van der Waals surface area (Å²) in [7, 11) is 1.30. The molecule has 0 fully saturated rings. The summed E-state index contributed by atoms with van der Waals surface area (Å²) in [5, 5.41) is 14.0. The van der Waals surface area contributed by atoms with Gasteiger partial charge in [-0.1, -0.05) is 44.2 Å². The van der Waals surface area contributed by atoms with Crippen LogP contribution in [-0.4, -0.2) is 53.3 Å². The number of thiol groups is 1. The molecule has 0 heterocycles. The molecular weight excluding hydrogens is 420 g/mol. The van der Waals surface area contributed by atoms with Gasteiger partial charge in [0.2, 0.25) is 11.8 Å². The molecule has 2 amide bonds. The molecule has 0 saturated heterocycles. The van der Waals surface area contributed by atoms with Crippen LogP contribution in [0.15, 0.2) is 30.3 Å². The molecule has 9 heteroatoms. The molecule has 1 aromatic rings. The van der Waals surface area contributed by atoms with Gasteiger partial charge in [-0.05, 0) is 30.7 Å². The Labute approximate surface area is 188 Å². The minimum atomic E-state index is -1.15. The number of carbonyl (C=O) groups excluding carboxylic acids is 3. The molecule has 8 nitrogen and oxygen atoms in total. The second-order valence-electron chi connectivity index (χ2n) is 7.76. The second-order valence-corrected chi connectivity index (χ2v) is 8.39. The van der Waals surface area contributed by atoms with Crippen LogP contribution in [0.1, 0.15) is 45.1 Å². The minimum Gasteiger partial charge on any atom is -0.480 e. The third-order valence-corrected chi connectivity index (χ3v) is 5.12. The maximum absolute atomic E-state index is 12.8. The van der Waals surface area contributed by atoms with Crippen LogP contribution >= 0.6 is 12.6 Å². The smallest absolute Gasteiger partial charge is 0.326 e. The monoisotopic (exact) mass is 452 g/mol. The van der Waals surface area contributed by atoms with Gasteiger partial charge in [-0.15, -0.1) is 0 Å². The van der Waals surface area contributed by atoms with E-state index >= 15 is 0 Å². The first-order chi connectivity index (χ1) is 14.6. The Balaban J connectivity index is 2.75. The number of ether oxygens (including phenoxy) is 1. The molecular formula is C22H32N2O6S. The Hall–Kier alpha value is -2.55. The largest absolute Gasteiger partial charge is 0.480 e. The summed E-state index contributed by atoms with van der Waals surface area (Å²) in [6, 6.07) is 6.99. The lowest BCUT2D eigenvalue weighted by molar-refractivity contribution is -0.142. The van der Waals surface area contributed by atoms with E-state index in [9.17, 15) is 24.3 Å². The summed E-state index contributed by atoms with van der Waals surface area (Å²) in [5.41, 5.74) is 0.778. The van der Waals surface area contributed by atoms with Gasteiger partial charge in [0.25, 0.3) is 0 Å². The summed E-state index contributed by atoms with van der Waals surface area (Å²) in [6.45, 7) is 3.80. The molecule has 2 unspecified atom stereocenters. The van der Waals surface area contributed by atoms with Crippen LogP contribution in [0.4, 0.5) is 0 Å². The molecule has 0 radical (unpaired) electrons. The van der Waals surface area contributed by atoms with E-state index in [4.69, 9.17) is 0 Å². The van der Waals surface area contributed by atoms with E-state index in [-0.39, 0.29) is 24.7 Å². The number of carboxylic acids is 1. The SMILES string of the molecule is COC(=O)CCCC(S)C(=O)NC(CC(C)C)C(=O)N[C@@H](Cc1ccccc1)C(=O)O. The Morgan fingerprint density at radius 2 is 1.65 bits per heavy atom. The van der Waals surface area contributed by atoms with Crippen molar-refractivity contribution in [2.24, 2.45) is 5.92 Å². The second kappa shape index (κ2) is 13.7. The molecule has 0 bridgehead atoms. The highest BCUT2D eigenvalue weighted by atomic mass is 32.1. The normalized spacial score (nSPS) is 13.7. The highest BCUT2D eigenvalue weighted by molar-refractivity contribution is 7.81. The third kappa shape index (κ3) is 10.3. The number of carbonyl (C=O) groups is 4. The third-order valence-electron chi connectivity index (χ3n) is 4.63. The first kappa shape index (κ1) is 26.5. The van der Waals surface area contributed by atoms with Crippen molar-refractivity contribution in [3.8, 4) is 0 Å². The summed E-state index contributed by atoms with van der Waals surface area (Å²) >= 11 is 4.27. The van der Waals surface area contributed by atoms with Gasteiger partial charge in [0.05, 0.1) is 12.4 Å². The number of amides is 2. The average molecular weight is 453 g/mol. The van der Waals surface area contributed by atoms with Gasteiger partial charge in [-0.2, -0.15) is 12.6 Å². The minimum absolute atomic E-state index is 0.0890. The van der Waals surface area contributed by atoms with Crippen molar-refractivity contribution < 1.29 is 29.0 Å². The number of methoxy groups -OCH3 is 1. The topological polar surface area (TPSA) is 122 Å². The first-order valence-corrected chi connectivity index (χ1v) is 10.8. The fourth-order valence-corrected chi connectivity index (χ4v) is 3.22.